The first-order valence-corrected chi connectivity index (χ1v) is 9.77. The van der Waals surface area contributed by atoms with Gasteiger partial charge in [-0.25, -0.2) is 0 Å². The van der Waals surface area contributed by atoms with Gasteiger partial charge in [-0.05, 0) is 61.1 Å². The number of halogens is 1. The standard InChI is InChI=1S/C22H27BrO2/c23-21-19-17-15-13-11-9-7-5-3-1-2-4-6-8-10-12-14-16-18-20-22(24)25/h11,13,19,21H,3,5,7-10,12,14,16,18,20H2,(H,24,25)/b13-11+,21-19-. The molecule has 0 aliphatic carbocycles. The second-order valence-corrected chi connectivity index (χ2v) is 6.02. The molecule has 0 atom stereocenters. The van der Waals surface area contributed by atoms with Crippen LogP contribution in [0.5, 0.6) is 0 Å². The second-order valence-electron chi connectivity index (χ2n) is 5.49. The molecule has 0 fully saturated rings. The van der Waals surface area contributed by atoms with E-state index in [4.69, 9.17) is 5.11 Å². The Morgan fingerprint density at radius 1 is 0.840 bits per heavy atom. The summed E-state index contributed by atoms with van der Waals surface area (Å²) in [6.07, 6.45) is 16.1. The minimum Gasteiger partial charge on any atom is -0.481 e. The summed E-state index contributed by atoms with van der Waals surface area (Å²) >= 11 is 3.16. The first-order valence-electron chi connectivity index (χ1n) is 8.86. The SMILES string of the molecule is O=C(O)CCCCCCCC#CC#CCCCC/C=C/C#C/C=C\Br. The van der Waals surface area contributed by atoms with Crippen molar-refractivity contribution in [2.24, 2.45) is 0 Å². The zero-order chi connectivity index (χ0) is 18.4. The quantitative estimate of drug-likeness (QED) is 0.348. The third-order valence-electron chi connectivity index (χ3n) is 3.29. The lowest BCUT2D eigenvalue weighted by atomic mass is 10.1. The number of carboxylic acids is 1. The summed E-state index contributed by atoms with van der Waals surface area (Å²) in [7, 11) is 0. The maximum atomic E-state index is 10.3. The van der Waals surface area contributed by atoms with Crippen LogP contribution in [0.25, 0.3) is 0 Å². The second kappa shape index (κ2) is 20.2. The molecular formula is C22H27BrO2. The highest BCUT2D eigenvalue weighted by molar-refractivity contribution is 9.11. The highest BCUT2D eigenvalue weighted by Gasteiger charge is 1.95. The molecule has 0 amide bonds. The van der Waals surface area contributed by atoms with Gasteiger partial charge in [0.2, 0.25) is 0 Å². The molecular weight excluding hydrogens is 376 g/mol. The Balaban J connectivity index is 3.44. The average Bonchev–Trinajstić information content (AvgIpc) is 2.60. The van der Waals surface area contributed by atoms with E-state index in [0.29, 0.717) is 0 Å². The molecule has 0 aromatic carbocycles. The number of carboxylic acid groups (broad SMARTS) is 1. The van der Waals surface area contributed by atoms with Gasteiger partial charge < -0.3 is 5.11 Å². The Labute approximate surface area is 161 Å². The molecule has 0 aromatic rings. The Hall–Kier alpha value is -1.89. The maximum absolute atomic E-state index is 10.3. The summed E-state index contributed by atoms with van der Waals surface area (Å²) in [4.78, 5) is 12.1. The van der Waals surface area contributed by atoms with E-state index in [1.165, 1.54) is 0 Å². The van der Waals surface area contributed by atoms with Crippen LogP contribution in [0.2, 0.25) is 0 Å². The molecule has 0 unspecified atom stereocenters. The number of allylic oxidation sites excluding steroid dienone is 3. The van der Waals surface area contributed by atoms with Crippen molar-refractivity contribution in [3.63, 3.8) is 0 Å². The van der Waals surface area contributed by atoms with Gasteiger partial charge in [0.05, 0.1) is 0 Å². The zero-order valence-corrected chi connectivity index (χ0v) is 16.4. The molecule has 0 aliphatic rings. The summed E-state index contributed by atoms with van der Waals surface area (Å²) in [5.74, 6) is 17.1. The average molecular weight is 403 g/mol. The highest BCUT2D eigenvalue weighted by atomic mass is 79.9. The third-order valence-corrected chi connectivity index (χ3v) is 3.55. The normalized spacial score (nSPS) is 9.80. The van der Waals surface area contributed by atoms with Crippen LogP contribution in [0, 0.1) is 35.5 Å². The molecule has 0 bridgehead atoms. The number of carbonyl (C=O) groups is 1. The lowest BCUT2D eigenvalue weighted by Crippen LogP contribution is -1.93. The molecule has 1 N–H and O–H groups in total. The lowest BCUT2D eigenvalue weighted by molar-refractivity contribution is -0.137. The number of hydrogen-bond donors (Lipinski definition) is 1. The fourth-order valence-corrected chi connectivity index (χ4v) is 2.11. The summed E-state index contributed by atoms with van der Waals surface area (Å²) in [5, 5.41) is 8.52. The van der Waals surface area contributed by atoms with Crippen molar-refractivity contribution in [2.45, 2.75) is 70.6 Å². The van der Waals surface area contributed by atoms with E-state index in [-0.39, 0.29) is 6.42 Å². The van der Waals surface area contributed by atoms with Crippen molar-refractivity contribution in [1.29, 1.82) is 0 Å². The fourth-order valence-electron chi connectivity index (χ4n) is 1.98. The monoisotopic (exact) mass is 402 g/mol. The van der Waals surface area contributed by atoms with Gasteiger partial charge in [0.15, 0.2) is 0 Å². The molecule has 0 rings (SSSR count). The van der Waals surface area contributed by atoms with Crippen LogP contribution >= 0.6 is 15.9 Å². The first kappa shape index (κ1) is 23.1. The van der Waals surface area contributed by atoms with Crippen LogP contribution in [0.15, 0.2) is 23.2 Å². The van der Waals surface area contributed by atoms with E-state index in [0.717, 1.165) is 64.2 Å². The number of rotatable bonds is 11. The van der Waals surface area contributed by atoms with Gasteiger partial charge in [0.1, 0.15) is 0 Å². The molecule has 0 saturated carbocycles. The molecule has 0 aromatic heterocycles. The van der Waals surface area contributed by atoms with E-state index in [9.17, 15) is 4.79 Å². The zero-order valence-electron chi connectivity index (χ0n) is 14.8. The van der Waals surface area contributed by atoms with Crippen LogP contribution in [-0.4, -0.2) is 11.1 Å². The Kier molecular flexibility index (Phi) is 18.6. The van der Waals surface area contributed by atoms with E-state index < -0.39 is 5.97 Å². The van der Waals surface area contributed by atoms with Crippen LogP contribution in [0.3, 0.4) is 0 Å². The molecule has 0 saturated heterocycles. The molecule has 0 heterocycles. The van der Waals surface area contributed by atoms with Crippen LogP contribution in [0.4, 0.5) is 0 Å². The summed E-state index contributed by atoms with van der Waals surface area (Å²) in [6.45, 7) is 0. The summed E-state index contributed by atoms with van der Waals surface area (Å²) in [5.41, 5.74) is 0. The van der Waals surface area contributed by atoms with E-state index in [1.807, 2.05) is 6.08 Å². The van der Waals surface area contributed by atoms with Crippen LogP contribution < -0.4 is 0 Å². The molecule has 3 heteroatoms. The molecule has 134 valence electrons. The predicted octanol–water partition coefficient (Wildman–Crippen LogP) is 5.84. The van der Waals surface area contributed by atoms with E-state index >= 15 is 0 Å². The van der Waals surface area contributed by atoms with Crippen molar-refractivity contribution in [3.8, 4) is 35.5 Å². The Bertz CT molecular complexity index is 583. The van der Waals surface area contributed by atoms with Crippen molar-refractivity contribution >= 4 is 21.9 Å². The van der Waals surface area contributed by atoms with Gasteiger partial charge in [-0.15, -0.1) is 0 Å². The van der Waals surface area contributed by atoms with Crippen molar-refractivity contribution in [3.05, 3.63) is 23.2 Å². The minimum atomic E-state index is -0.700. The van der Waals surface area contributed by atoms with Gasteiger partial charge in [0.25, 0.3) is 0 Å². The lowest BCUT2D eigenvalue weighted by Gasteiger charge is -1.97. The van der Waals surface area contributed by atoms with Gasteiger partial charge in [0, 0.05) is 19.3 Å². The molecule has 0 aliphatic heterocycles. The molecule has 25 heavy (non-hydrogen) atoms. The molecule has 2 nitrogen and oxygen atoms in total. The van der Waals surface area contributed by atoms with Crippen molar-refractivity contribution in [2.75, 3.05) is 0 Å². The van der Waals surface area contributed by atoms with Gasteiger partial charge in [-0.3, -0.25) is 4.79 Å². The Morgan fingerprint density at radius 3 is 2.12 bits per heavy atom. The van der Waals surface area contributed by atoms with E-state index in [2.05, 4.69) is 57.5 Å². The first-order chi connectivity index (χ1) is 12.3. The van der Waals surface area contributed by atoms with Gasteiger partial charge in [-0.2, -0.15) is 0 Å². The van der Waals surface area contributed by atoms with Gasteiger partial charge >= 0.3 is 5.97 Å². The highest BCUT2D eigenvalue weighted by Crippen LogP contribution is 2.06. The smallest absolute Gasteiger partial charge is 0.303 e. The summed E-state index contributed by atoms with van der Waals surface area (Å²) in [6, 6.07) is 0. The molecule has 0 spiro atoms. The summed E-state index contributed by atoms with van der Waals surface area (Å²) < 4.78 is 0. The topological polar surface area (TPSA) is 37.3 Å². The number of aliphatic carboxylic acids is 1. The van der Waals surface area contributed by atoms with Crippen LogP contribution in [0.1, 0.15) is 70.6 Å². The predicted molar refractivity (Wildman–Crippen MR) is 109 cm³/mol. The van der Waals surface area contributed by atoms with Crippen molar-refractivity contribution in [1.82, 2.24) is 0 Å². The molecule has 0 radical (unpaired) electrons. The largest absolute Gasteiger partial charge is 0.481 e. The van der Waals surface area contributed by atoms with Gasteiger partial charge in [-0.1, -0.05) is 65.0 Å². The third kappa shape index (κ3) is 22.1. The number of unbranched alkanes of at least 4 members (excludes halogenated alkanes) is 8. The van der Waals surface area contributed by atoms with E-state index in [1.54, 1.807) is 11.1 Å². The number of hydrogen-bond acceptors (Lipinski definition) is 1. The van der Waals surface area contributed by atoms with Crippen LogP contribution in [-0.2, 0) is 4.79 Å². The van der Waals surface area contributed by atoms with Crippen molar-refractivity contribution < 1.29 is 9.90 Å². The Morgan fingerprint density at radius 2 is 1.44 bits per heavy atom. The maximum Gasteiger partial charge on any atom is 0.303 e. The fraction of sp³-hybridized carbons (Fsp3) is 0.500. The minimum absolute atomic E-state index is 0.286.